The van der Waals surface area contributed by atoms with Crippen molar-refractivity contribution in [3.8, 4) is 11.6 Å². The minimum atomic E-state index is -0.126. The first-order chi connectivity index (χ1) is 14.7. The first-order valence-corrected chi connectivity index (χ1v) is 10.7. The van der Waals surface area contributed by atoms with Crippen LogP contribution in [-0.4, -0.2) is 35.1 Å². The van der Waals surface area contributed by atoms with E-state index in [4.69, 9.17) is 9.47 Å². The highest BCUT2D eigenvalue weighted by molar-refractivity contribution is 7.99. The fraction of sp³-hybridized carbons (Fsp3) is 0.261. The van der Waals surface area contributed by atoms with Crippen LogP contribution >= 0.6 is 11.8 Å². The molecule has 7 heteroatoms. The highest BCUT2D eigenvalue weighted by atomic mass is 32.2. The summed E-state index contributed by atoms with van der Waals surface area (Å²) in [5.74, 6) is 0.963. The van der Waals surface area contributed by atoms with Crippen LogP contribution < -0.4 is 10.1 Å². The molecule has 3 aromatic rings. The first kappa shape index (κ1) is 20.4. The van der Waals surface area contributed by atoms with Crippen LogP contribution in [0, 0.1) is 6.92 Å². The summed E-state index contributed by atoms with van der Waals surface area (Å²) in [5.41, 5.74) is 1.74. The molecule has 6 nitrogen and oxygen atoms in total. The van der Waals surface area contributed by atoms with Gasteiger partial charge in [-0.3, -0.25) is 4.79 Å². The van der Waals surface area contributed by atoms with Crippen LogP contribution in [0.2, 0.25) is 0 Å². The molecule has 1 N–H and O–H groups in total. The van der Waals surface area contributed by atoms with Crippen LogP contribution in [0.15, 0.2) is 70.8 Å². The lowest BCUT2D eigenvalue weighted by atomic mass is 10.2. The van der Waals surface area contributed by atoms with Gasteiger partial charge in [-0.05, 0) is 44.0 Å². The second kappa shape index (κ2) is 9.73. The molecular weight excluding hydrogens is 398 g/mol. The van der Waals surface area contributed by atoms with Gasteiger partial charge in [-0.2, -0.15) is 0 Å². The van der Waals surface area contributed by atoms with Gasteiger partial charge in [-0.1, -0.05) is 41.6 Å². The molecule has 0 saturated carbocycles. The summed E-state index contributed by atoms with van der Waals surface area (Å²) in [6, 6.07) is 15.2. The summed E-state index contributed by atoms with van der Waals surface area (Å²) >= 11 is 1.36. The summed E-state index contributed by atoms with van der Waals surface area (Å²) in [5, 5.41) is 3.58. The van der Waals surface area contributed by atoms with E-state index in [-0.39, 0.29) is 12.0 Å². The zero-order valence-corrected chi connectivity index (χ0v) is 17.5. The van der Waals surface area contributed by atoms with Crippen molar-refractivity contribution in [2.24, 2.45) is 0 Å². The average Bonchev–Trinajstić information content (AvgIpc) is 3.29. The van der Waals surface area contributed by atoms with E-state index in [0.717, 1.165) is 29.9 Å². The Morgan fingerprint density at radius 2 is 1.97 bits per heavy atom. The molecule has 0 spiro atoms. The number of hydrogen-bond acceptors (Lipinski definition) is 6. The highest BCUT2D eigenvalue weighted by Crippen LogP contribution is 2.35. The van der Waals surface area contributed by atoms with E-state index in [1.54, 1.807) is 12.4 Å². The van der Waals surface area contributed by atoms with Crippen LogP contribution in [0.25, 0.3) is 0 Å². The van der Waals surface area contributed by atoms with Crippen LogP contribution in [0.4, 0.5) is 0 Å². The Morgan fingerprint density at radius 1 is 1.17 bits per heavy atom. The van der Waals surface area contributed by atoms with Crippen molar-refractivity contribution in [1.82, 2.24) is 15.3 Å². The maximum atomic E-state index is 12.8. The monoisotopic (exact) mass is 421 g/mol. The van der Waals surface area contributed by atoms with E-state index < -0.39 is 0 Å². The summed E-state index contributed by atoms with van der Waals surface area (Å²) < 4.78 is 11.5. The lowest BCUT2D eigenvalue weighted by molar-refractivity contribution is 0.0855. The van der Waals surface area contributed by atoms with Crippen LogP contribution in [0.5, 0.6) is 11.6 Å². The number of ether oxygens (including phenoxy) is 2. The predicted molar refractivity (Wildman–Crippen MR) is 115 cm³/mol. The summed E-state index contributed by atoms with van der Waals surface area (Å²) in [6.07, 6.45) is 5.33. The number of rotatable bonds is 7. The van der Waals surface area contributed by atoms with Gasteiger partial charge in [0.2, 0.25) is 0 Å². The average molecular weight is 422 g/mol. The van der Waals surface area contributed by atoms with E-state index >= 15 is 0 Å². The zero-order valence-electron chi connectivity index (χ0n) is 16.7. The van der Waals surface area contributed by atoms with Crippen LogP contribution in [0.3, 0.4) is 0 Å². The molecule has 0 bridgehead atoms. The van der Waals surface area contributed by atoms with Crippen LogP contribution in [-0.2, 0) is 4.74 Å². The Balaban J connectivity index is 1.50. The van der Waals surface area contributed by atoms with Crippen molar-refractivity contribution >= 4 is 17.7 Å². The first-order valence-electron chi connectivity index (χ1n) is 9.91. The second-order valence-corrected chi connectivity index (χ2v) is 8.06. The van der Waals surface area contributed by atoms with E-state index in [1.807, 2.05) is 55.5 Å². The lowest BCUT2D eigenvalue weighted by Gasteiger charge is -2.13. The van der Waals surface area contributed by atoms with Crippen molar-refractivity contribution in [1.29, 1.82) is 0 Å². The van der Waals surface area contributed by atoms with Gasteiger partial charge in [-0.15, -0.1) is 0 Å². The molecule has 1 fully saturated rings. The van der Waals surface area contributed by atoms with E-state index in [2.05, 4.69) is 15.3 Å². The maximum absolute atomic E-state index is 12.8. The Bertz CT molecular complexity index is 1000. The van der Waals surface area contributed by atoms with Crippen molar-refractivity contribution in [3.63, 3.8) is 0 Å². The number of aryl methyl sites for hydroxylation is 1. The molecule has 2 aromatic carbocycles. The number of nitrogens with zero attached hydrogens (tertiary/aromatic N) is 2. The largest absolute Gasteiger partial charge is 0.437 e. The Hall–Kier alpha value is -2.90. The molecule has 2 heterocycles. The molecule has 1 atom stereocenters. The van der Waals surface area contributed by atoms with E-state index in [1.165, 1.54) is 11.8 Å². The number of nitrogens with one attached hydrogen (secondary N) is 1. The van der Waals surface area contributed by atoms with Gasteiger partial charge < -0.3 is 14.8 Å². The summed E-state index contributed by atoms with van der Waals surface area (Å²) in [6.45, 7) is 3.31. The smallest absolute Gasteiger partial charge is 0.252 e. The standard InChI is InChI=1S/C23H23N3O3S/c1-16-8-10-17(11-9-16)29-22-23(25-13-12-24-22)30-20-7-3-2-6-19(20)21(27)26-15-18-5-4-14-28-18/h2-3,6-13,18H,4-5,14-15H2,1H3,(H,26,27)/t18-/m0/s1. The molecule has 0 aliphatic carbocycles. The summed E-state index contributed by atoms with van der Waals surface area (Å²) in [7, 11) is 0. The van der Waals surface area contributed by atoms with E-state index in [0.29, 0.717) is 28.8 Å². The predicted octanol–water partition coefficient (Wildman–Crippen LogP) is 4.64. The van der Waals surface area contributed by atoms with Gasteiger partial charge >= 0.3 is 0 Å². The van der Waals surface area contributed by atoms with Crippen molar-refractivity contribution in [2.75, 3.05) is 13.2 Å². The third-order valence-corrected chi connectivity index (χ3v) is 5.77. The van der Waals surface area contributed by atoms with Gasteiger partial charge in [0.05, 0.1) is 11.7 Å². The fourth-order valence-corrected chi connectivity index (χ4v) is 4.05. The SMILES string of the molecule is Cc1ccc(Oc2nccnc2Sc2ccccc2C(=O)NC[C@@H]2CCCO2)cc1. The number of hydrogen-bond donors (Lipinski definition) is 1. The van der Waals surface area contributed by atoms with Gasteiger partial charge in [-0.25, -0.2) is 9.97 Å². The molecule has 1 aromatic heterocycles. The summed E-state index contributed by atoms with van der Waals surface area (Å²) in [4.78, 5) is 22.3. The fourth-order valence-electron chi connectivity index (χ4n) is 3.12. The van der Waals surface area contributed by atoms with Gasteiger partial charge in [0.15, 0.2) is 5.03 Å². The van der Waals surface area contributed by atoms with Crippen molar-refractivity contribution in [2.45, 2.75) is 35.8 Å². The maximum Gasteiger partial charge on any atom is 0.252 e. The van der Waals surface area contributed by atoms with Gasteiger partial charge in [0.25, 0.3) is 11.8 Å². The molecule has 1 aliphatic heterocycles. The molecule has 154 valence electrons. The Labute approximate surface area is 180 Å². The Kier molecular flexibility index (Phi) is 6.61. The number of benzene rings is 2. The topological polar surface area (TPSA) is 73.3 Å². The van der Waals surface area contributed by atoms with Crippen LogP contribution in [0.1, 0.15) is 28.8 Å². The molecule has 1 aliphatic rings. The number of amides is 1. The lowest BCUT2D eigenvalue weighted by Crippen LogP contribution is -2.32. The minimum Gasteiger partial charge on any atom is -0.437 e. The molecule has 0 unspecified atom stereocenters. The molecule has 1 amide bonds. The molecule has 30 heavy (non-hydrogen) atoms. The van der Waals surface area contributed by atoms with Crippen molar-refractivity contribution in [3.05, 3.63) is 72.1 Å². The van der Waals surface area contributed by atoms with Crippen molar-refractivity contribution < 1.29 is 14.3 Å². The number of carbonyl (C=O) groups is 1. The second-order valence-electron chi connectivity index (χ2n) is 7.03. The highest BCUT2D eigenvalue weighted by Gasteiger charge is 2.19. The van der Waals surface area contributed by atoms with E-state index in [9.17, 15) is 4.79 Å². The third-order valence-electron chi connectivity index (χ3n) is 4.72. The third kappa shape index (κ3) is 5.17. The number of aromatic nitrogens is 2. The zero-order chi connectivity index (χ0) is 20.8. The Morgan fingerprint density at radius 3 is 2.77 bits per heavy atom. The number of carbonyl (C=O) groups excluding carboxylic acids is 1. The molecule has 0 radical (unpaired) electrons. The normalized spacial score (nSPS) is 15.7. The minimum absolute atomic E-state index is 0.100. The van der Waals surface area contributed by atoms with Gasteiger partial charge in [0.1, 0.15) is 5.75 Å². The quantitative estimate of drug-likeness (QED) is 0.599. The molecule has 4 rings (SSSR count). The molecule has 1 saturated heterocycles. The van der Waals surface area contributed by atoms with Gasteiger partial charge in [0, 0.05) is 30.4 Å². The molecular formula is C23H23N3O3S.